The highest BCUT2D eigenvalue weighted by atomic mass is 79.9. The van der Waals surface area contributed by atoms with Gasteiger partial charge in [-0.3, -0.25) is 0 Å². The number of hydrogen-bond donors (Lipinski definition) is 0. The monoisotopic (exact) mass is 337 g/mol. The molecule has 1 heterocycles. The highest BCUT2D eigenvalue weighted by molar-refractivity contribution is 9.10. The minimum absolute atomic E-state index is 0.389. The Morgan fingerprint density at radius 2 is 1.63 bits per heavy atom. The minimum Gasteiger partial charge on any atom is -0.350 e. The van der Waals surface area contributed by atoms with Crippen molar-refractivity contribution >= 4 is 31.5 Å². The van der Waals surface area contributed by atoms with Gasteiger partial charge in [0, 0.05) is 10.2 Å². The standard InChI is InChI=1S/C14H12BrNO2S/c15-11-6-8-12(9-7-11)16-10-14(16)19(17,18)13-4-2-1-3-5-13/h1-9,14H,10H2. The van der Waals surface area contributed by atoms with Crippen molar-refractivity contribution in [2.45, 2.75) is 10.3 Å². The van der Waals surface area contributed by atoms with Crippen LogP contribution in [0.5, 0.6) is 0 Å². The van der Waals surface area contributed by atoms with Gasteiger partial charge >= 0.3 is 0 Å². The predicted molar refractivity (Wildman–Crippen MR) is 78.9 cm³/mol. The Balaban J connectivity index is 1.85. The topological polar surface area (TPSA) is 37.1 Å². The predicted octanol–water partition coefficient (Wildman–Crippen LogP) is 3.07. The lowest BCUT2D eigenvalue weighted by atomic mass is 10.3. The van der Waals surface area contributed by atoms with Crippen LogP contribution in [0, 0.1) is 0 Å². The summed E-state index contributed by atoms with van der Waals surface area (Å²) in [6.07, 6.45) is 0. The molecule has 0 bridgehead atoms. The van der Waals surface area contributed by atoms with Gasteiger partial charge in [-0.1, -0.05) is 34.1 Å². The fraction of sp³-hybridized carbons (Fsp3) is 0.143. The first-order valence-corrected chi connectivity index (χ1v) is 8.24. The lowest BCUT2D eigenvalue weighted by molar-refractivity contribution is 0.595. The summed E-state index contributed by atoms with van der Waals surface area (Å²) in [5.74, 6) is 0. The quantitative estimate of drug-likeness (QED) is 0.807. The molecule has 0 saturated carbocycles. The molecule has 98 valence electrons. The number of hydrogen-bond acceptors (Lipinski definition) is 3. The highest BCUT2D eigenvalue weighted by Gasteiger charge is 2.45. The number of anilines is 1. The van der Waals surface area contributed by atoms with Crippen molar-refractivity contribution in [2.75, 3.05) is 11.4 Å². The van der Waals surface area contributed by atoms with Gasteiger partial charge < -0.3 is 4.90 Å². The second-order valence-corrected chi connectivity index (χ2v) is 7.46. The van der Waals surface area contributed by atoms with Crippen LogP contribution in [0.2, 0.25) is 0 Å². The molecule has 1 unspecified atom stereocenters. The van der Waals surface area contributed by atoms with E-state index in [0.717, 1.165) is 10.2 Å². The molecule has 1 saturated heterocycles. The lowest BCUT2D eigenvalue weighted by Crippen LogP contribution is -2.13. The minimum atomic E-state index is -3.26. The smallest absolute Gasteiger partial charge is 0.201 e. The molecule has 0 aliphatic carbocycles. The molecule has 1 atom stereocenters. The van der Waals surface area contributed by atoms with Gasteiger partial charge in [0.2, 0.25) is 9.84 Å². The van der Waals surface area contributed by atoms with E-state index in [1.165, 1.54) is 0 Å². The number of nitrogens with zero attached hydrogens (tertiary/aromatic N) is 1. The maximum Gasteiger partial charge on any atom is 0.201 e. The van der Waals surface area contributed by atoms with Crippen LogP contribution in [0.4, 0.5) is 5.69 Å². The summed E-state index contributed by atoms with van der Waals surface area (Å²) >= 11 is 3.37. The first-order chi connectivity index (χ1) is 9.09. The van der Waals surface area contributed by atoms with E-state index in [9.17, 15) is 8.42 Å². The van der Waals surface area contributed by atoms with Crippen LogP contribution in [0.15, 0.2) is 64.0 Å². The van der Waals surface area contributed by atoms with Crippen LogP contribution in [-0.2, 0) is 9.84 Å². The van der Waals surface area contributed by atoms with Crippen molar-refractivity contribution in [3.63, 3.8) is 0 Å². The number of sulfone groups is 1. The molecule has 0 N–H and O–H groups in total. The Hall–Kier alpha value is -1.33. The van der Waals surface area contributed by atoms with Crippen LogP contribution in [0.25, 0.3) is 0 Å². The molecule has 0 aromatic heterocycles. The van der Waals surface area contributed by atoms with Crippen LogP contribution in [-0.4, -0.2) is 20.3 Å². The summed E-state index contributed by atoms with van der Waals surface area (Å²) < 4.78 is 25.8. The molecule has 3 nitrogen and oxygen atoms in total. The third-order valence-electron chi connectivity index (χ3n) is 3.16. The Morgan fingerprint density at radius 1 is 1.00 bits per heavy atom. The van der Waals surface area contributed by atoms with Crippen molar-refractivity contribution in [1.82, 2.24) is 0 Å². The summed E-state index contributed by atoms with van der Waals surface area (Å²) in [6.45, 7) is 0.554. The van der Waals surface area contributed by atoms with E-state index in [0.29, 0.717) is 11.4 Å². The van der Waals surface area contributed by atoms with E-state index >= 15 is 0 Å². The molecule has 0 amide bonds. The van der Waals surface area contributed by atoms with Gasteiger partial charge in [0.15, 0.2) is 5.37 Å². The molecule has 3 rings (SSSR count). The van der Waals surface area contributed by atoms with Crippen molar-refractivity contribution in [1.29, 1.82) is 0 Å². The normalized spacial score (nSPS) is 18.4. The van der Waals surface area contributed by atoms with Crippen LogP contribution >= 0.6 is 15.9 Å². The zero-order valence-corrected chi connectivity index (χ0v) is 12.4. The SMILES string of the molecule is O=S(=O)(c1ccccc1)C1CN1c1ccc(Br)cc1. The molecule has 1 fully saturated rings. The molecule has 0 spiro atoms. The van der Waals surface area contributed by atoms with Gasteiger partial charge in [0.05, 0.1) is 11.4 Å². The molecule has 1 aliphatic heterocycles. The Bertz CT molecular complexity index is 683. The molecular weight excluding hydrogens is 326 g/mol. The lowest BCUT2D eigenvalue weighted by Gasteiger charge is -2.07. The zero-order chi connectivity index (χ0) is 13.5. The van der Waals surface area contributed by atoms with Gasteiger partial charge in [-0.05, 0) is 36.4 Å². The van der Waals surface area contributed by atoms with Gasteiger partial charge in [0.25, 0.3) is 0 Å². The van der Waals surface area contributed by atoms with Crippen molar-refractivity contribution < 1.29 is 8.42 Å². The van der Waals surface area contributed by atoms with E-state index in [-0.39, 0.29) is 0 Å². The number of halogens is 1. The first-order valence-electron chi connectivity index (χ1n) is 5.90. The third-order valence-corrected chi connectivity index (χ3v) is 5.73. The largest absolute Gasteiger partial charge is 0.350 e. The second kappa shape index (κ2) is 4.65. The average Bonchev–Trinajstić information content (AvgIpc) is 3.22. The van der Waals surface area contributed by atoms with Gasteiger partial charge in [-0.2, -0.15) is 0 Å². The summed E-state index contributed by atoms with van der Waals surface area (Å²) in [5.41, 5.74) is 0.938. The van der Waals surface area contributed by atoms with Crippen LogP contribution in [0.3, 0.4) is 0 Å². The summed E-state index contributed by atoms with van der Waals surface area (Å²) in [4.78, 5) is 2.27. The molecule has 0 radical (unpaired) electrons. The van der Waals surface area contributed by atoms with Crippen molar-refractivity contribution in [3.8, 4) is 0 Å². The van der Waals surface area contributed by atoms with Crippen molar-refractivity contribution in [3.05, 3.63) is 59.1 Å². The zero-order valence-electron chi connectivity index (χ0n) is 10.0. The molecule has 5 heteroatoms. The van der Waals surface area contributed by atoms with E-state index in [1.54, 1.807) is 24.3 Å². The summed E-state index contributed by atoms with van der Waals surface area (Å²) in [5, 5.41) is -0.434. The first kappa shape index (κ1) is 12.7. The Kier molecular flexibility index (Phi) is 3.11. The summed E-state index contributed by atoms with van der Waals surface area (Å²) in [7, 11) is -3.26. The fourth-order valence-corrected chi connectivity index (χ4v) is 3.99. The average molecular weight is 338 g/mol. The Labute approximate surface area is 120 Å². The maximum atomic E-state index is 12.4. The Morgan fingerprint density at radius 3 is 2.26 bits per heavy atom. The molecule has 19 heavy (non-hydrogen) atoms. The van der Waals surface area contributed by atoms with E-state index in [1.807, 2.05) is 35.2 Å². The second-order valence-electron chi connectivity index (χ2n) is 4.44. The molecular formula is C14H12BrNO2S. The van der Waals surface area contributed by atoms with Crippen LogP contribution < -0.4 is 4.90 Å². The highest BCUT2D eigenvalue weighted by Crippen LogP contribution is 2.35. The van der Waals surface area contributed by atoms with Crippen molar-refractivity contribution in [2.24, 2.45) is 0 Å². The van der Waals surface area contributed by atoms with Gasteiger partial charge in [0.1, 0.15) is 0 Å². The fourth-order valence-electron chi connectivity index (χ4n) is 2.06. The molecule has 2 aromatic rings. The van der Waals surface area contributed by atoms with Crippen LogP contribution in [0.1, 0.15) is 0 Å². The maximum absolute atomic E-state index is 12.4. The van der Waals surface area contributed by atoms with E-state index in [4.69, 9.17) is 0 Å². The number of rotatable bonds is 3. The number of benzene rings is 2. The van der Waals surface area contributed by atoms with Gasteiger partial charge in [-0.25, -0.2) is 8.42 Å². The third kappa shape index (κ3) is 2.40. The molecule has 2 aromatic carbocycles. The summed E-state index contributed by atoms with van der Waals surface area (Å²) in [6, 6.07) is 16.3. The van der Waals surface area contributed by atoms with E-state index in [2.05, 4.69) is 15.9 Å². The molecule has 1 aliphatic rings. The van der Waals surface area contributed by atoms with E-state index < -0.39 is 15.2 Å². The van der Waals surface area contributed by atoms with Gasteiger partial charge in [-0.15, -0.1) is 0 Å².